The molecule has 0 saturated heterocycles. The zero-order chi connectivity index (χ0) is 19.4. The van der Waals surface area contributed by atoms with Crippen molar-refractivity contribution >= 4 is 39.7 Å². The van der Waals surface area contributed by atoms with Crippen LogP contribution in [0.3, 0.4) is 0 Å². The lowest BCUT2D eigenvalue weighted by atomic mass is 10.1. The molecule has 0 radical (unpaired) electrons. The zero-order valence-corrected chi connectivity index (χ0v) is 16.0. The number of hydrogen-bond acceptors (Lipinski definition) is 7. The van der Waals surface area contributed by atoms with E-state index in [1.54, 1.807) is 14.0 Å². The maximum absolute atomic E-state index is 13.8. The summed E-state index contributed by atoms with van der Waals surface area (Å²) in [7, 11) is 1.59. The Morgan fingerprint density at radius 1 is 1.19 bits per heavy atom. The van der Waals surface area contributed by atoms with Gasteiger partial charge in [0.25, 0.3) is 0 Å². The van der Waals surface area contributed by atoms with Crippen molar-refractivity contribution in [1.29, 1.82) is 0 Å². The van der Waals surface area contributed by atoms with Crippen LogP contribution in [-0.4, -0.2) is 28.3 Å². The summed E-state index contributed by atoms with van der Waals surface area (Å²) in [6.45, 7) is 1.65. The maximum atomic E-state index is 13.8. The second kappa shape index (κ2) is 8.45. The Kier molecular flexibility index (Phi) is 6.02. The van der Waals surface area contributed by atoms with Crippen molar-refractivity contribution in [3.63, 3.8) is 0 Å². The van der Waals surface area contributed by atoms with Gasteiger partial charge in [-0.25, -0.2) is 8.78 Å². The molecule has 5 nitrogen and oxygen atoms in total. The minimum absolute atomic E-state index is 0.141. The predicted octanol–water partition coefficient (Wildman–Crippen LogP) is 4.93. The van der Waals surface area contributed by atoms with Crippen molar-refractivity contribution < 1.29 is 18.3 Å². The smallest absolute Gasteiger partial charge is 0.210 e. The number of anilines is 2. The van der Waals surface area contributed by atoms with Crippen LogP contribution in [0, 0.1) is 11.6 Å². The fourth-order valence-electron chi connectivity index (χ4n) is 2.22. The summed E-state index contributed by atoms with van der Waals surface area (Å²) in [5.41, 5.74) is 0.679. The Morgan fingerprint density at radius 3 is 2.59 bits per heavy atom. The molecule has 0 spiro atoms. The van der Waals surface area contributed by atoms with Gasteiger partial charge in [-0.2, -0.15) is 0 Å². The Bertz CT molecular complexity index is 948. The van der Waals surface area contributed by atoms with Gasteiger partial charge in [-0.15, -0.1) is 10.2 Å². The molecule has 0 bridgehead atoms. The molecule has 2 aromatic carbocycles. The van der Waals surface area contributed by atoms with Crippen LogP contribution < -0.4 is 10.1 Å². The number of aromatic nitrogens is 2. The number of rotatable bonds is 7. The van der Waals surface area contributed by atoms with E-state index in [4.69, 9.17) is 4.74 Å². The molecular formula is C18H15F2N3O2S2. The molecular weight excluding hydrogens is 392 g/mol. The highest BCUT2D eigenvalue weighted by Gasteiger charge is 2.22. The number of nitrogens with one attached hydrogen (secondary N) is 1. The second-order valence-corrected chi connectivity index (χ2v) is 8.04. The van der Waals surface area contributed by atoms with E-state index in [2.05, 4.69) is 15.5 Å². The van der Waals surface area contributed by atoms with Gasteiger partial charge >= 0.3 is 0 Å². The van der Waals surface area contributed by atoms with E-state index in [9.17, 15) is 13.6 Å². The van der Waals surface area contributed by atoms with Gasteiger partial charge in [-0.05, 0) is 43.3 Å². The number of carbonyl (C=O) groups excluding carboxylic acids is 1. The number of Topliss-reactive ketones (excluding diaryl/α,β-unsaturated/α-hetero) is 1. The molecule has 0 aliphatic rings. The van der Waals surface area contributed by atoms with Gasteiger partial charge in [0.1, 0.15) is 17.4 Å². The maximum Gasteiger partial charge on any atom is 0.210 e. The molecule has 0 aliphatic heterocycles. The normalized spacial score (nSPS) is 11.9. The molecule has 140 valence electrons. The first-order valence-electron chi connectivity index (χ1n) is 7.87. The third-order valence-electron chi connectivity index (χ3n) is 3.59. The summed E-state index contributed by atoms with van der Waals surface area (Å²) in [6.07, 6.45) is 0. The van der Waals surface area contributed by atoms with E-state index in [-0.39, 0.29) is 5.56 Å². The molecule has 1 aromatic heterocycles. The van der Waals surface area contributed by atoms with Crippen LogP contribution in [0.25, 0.3) is 0 Å². The second-order valence-electron chi connectivity index (χ2n) is 5.48. The lowest BCUT2D eigenvalue weighted by Gasteiger charge is -2.08. The fourth-order valence-corrected chi connectivity index (χ4v) is 4.20. The Hall–Kier alpha value is -2.52. The minimum atomic E-state index is -0.869. The van der Waals surface area contributed by atoms with Crippen molar-refractivity contribution in [3.8, 4) is 5.75 Å². The van der Waals surface area contributed by atoms with Crippen LogP contribution in [0.2, 0.25) is 0 Å². The summed E-state index contributed by atoms with van der Waals surface area (Å²) < 4.78 is 32.5. The summed E-state index contributed by atoms with van der Waals surface area (Å²) in [4.78, 5) is 12.4. The average Bonchev–Trinajstić information content (AvgIpc) is 3.08. The zero-order valence-electron chi connectivity index (χ0n) is 14.4. The monoisotopic (exact) mass is 407 g/mol. The van der Waals surface area contributed by atoms with Crippen LogP contribution in [-0.2, 0) is 0 Å². The lowest BCUT2D eigenvalue weighted by molar-refractivity contribution is 0.0990. The van der Waals surface area contributed by atoms with Crippen molar-refractivity contribution in [2.75, 3.05) is 12.4 Å². The van der Waals surface area contributed by atoms with Crippen molar-refractivity contribution in [2.45, 2.75) is 16.5 Å². The number of thioether (sulfide) groups is 1. The van der Waals surface area contributed by atoms with E-state index in [0.717, 1.165) is 23.6 Å². The summed E-state index contributed by atoms with van der Waals surface area (Å²) >= 11 is 2.45. The van der Waals surface area contributed by atoms with Crippen molar-refractivity contribution in [3.05, 3.63) is 59.7 Å². The van der Waals surface area contributed by atoms with Crippen LogP contribution >= 0.6 is 23.1 Å². The van der Waals surface area contributed by atoms with E-state index in [1.807, 2.05) is 24.3 Å². The first kappa shape index (κ1) is 19.2. The topological polar surface area (TPSA) is 64.1 Å². The molecule has 3 aromatic rings. The van der Waals surface area contributed by atoms with Crippen molar-refractivity contribution in [1.82, 2.24) is 10.2 Å². The number of hydrogen-bond donors (Lipinski definition) is 1. The number of ether oxygens (including phenoxy) is 1. The van der Waals surface area contributed by atoms with Gasteiger partial charge in [0, 0.05) is 11.8 Å². The predicted molar refractivity (Wildman–Crippen MR) is 102 cm³/mol. The van der Waals surface area contributed by atoms with E-state index >= 15 is 0 Å². The average molecular weight is 407 g/mol. The molecule has 27 heavy (non-hydrogen) atoms. The van der Waals surface area contributed by atoms with E-state index < -0.39 is 22.7 Å². The standard InChI is InChI=1S/C18H15F2N3O2S2/c1-10(16(24)14-8-3-11(19)9-15(14)20)26-18-23-22-17(27-18)21-12-4-6-13(25-2)7-5-12/h3-10H,1-2H3,(H,21,22). The van der Waals surface area contributed by atoms with Gasteiger partial charge in [-0.1, -0.05) is 23.1 Å². The Balaban J connectivity index is 1.64. The SMILES string of the molecule is COc1ccc(Nc2nnc(SC(C)C(=O)c3ccc(F)cc3F)s2)cc1. The Labute approximate surface area is 162 Å². The molecule has 1 heterocycles. The molecule has 3 rings (SSSR count). The van der Waals surface area contributed by atoms with Gasteiger partial charge in [-0.3, -0.25) is 4.79 Å². The Morgan fingerprint density at radius 2 is 1.93 bits per heavy atom. The largest absolute Gasteiger partial charge is 0.497 e. The van der Waals surface area contributed by atoms with Gasteiger partial charge in [0.15, 0.2) is 10.1 Å². The van der Waals surface area contributed by atoms with Gasteiger partial charge in [0.2, 0.25) is 5.13 Å². The number of methoxy groups -OCH3 is 1. The molecule has 1 unspecified atom stereocenters. The number of benzene rings is 2. The number of ketones is 1. The van der Waals surface area contributed by atoms with E-state index in [1.165, 1.54) is 23.1 Å². The number of halogens is 2. The minimum Gasteiger partial charge on any atom is -0.497 e. The first-order chi connectivity index (χ1) is 13.0. The quantitative estimate of drug-likeness (QED) is 0.442. The van der Waals surface area contributed by atoms with Gasteiger partial charge < -0.3 is 10.1 Å². The van der Waals surface area contributed by atoms with Crippen LogP contribution in [0.5, 0.6) is 5.75 Å². The lowest BCUT2D eigenvalue weighted by Crippen LogP contribution is -2.15. The summed E-state index contributed by atoms with van der Waals surface area (Å²) in [5.74, 6) is -1.28. The third-order valence-corrected chi connectivity index (χ3v) is 5.61. The fraction of sp³-hybridized carbons (Fsp3) is 0.167. The highest BCUT2D eigenvalue weighted by Crippen LogP contribution is 2.32. The number of carbonyl (C=O) groups is 1. The molecule has 1 atom stereocenters. The van der Waals surface area contributed by atoms with Crippen LogP contribution in [0.15, 0.2) is 46.8 Å². The highest BCUT2D eigenvalue weighted by molar-refractivity contribution is 8.02. The molecule has 0 fully saturated rings. The molecule has 0 amide bonds. The third kappa shape index (κ3) is 4.81. The van der Waals surface area contributed by atoms with Crippen LogP contribution in [0.4, 0.5) is 19.6 Å². The van der Waals surface area contributed by atoms with E-state index in [0.29, 0.717) is 15.5 Å². The van der Waals surface area contributed by atoms with Crippen LogP contribution in [0.1, 0.15) is 17.3 Å². The first-order valence-corrected chi connectivity index (χ1v) is 9.56. The molecule has 0 saturated carbocycles. The molecule has 9 heteroatoms. The molecule has 0 aliphatic carbocycles. The summed E-state index contributed by atoms with van der Waals surface area (Å²) in [5, 5.41) is 11.2. The highest BCUT2D eigenvalue weighted by atomic mass is 32.2. The summed E-state index contributed by atoms with van der Waals surface area (Å²) in [6, 6.07) is 10.2. The molecule has 1 N–H and O–H groups in total. The number of nitrogens with zero attached hydrogens (tertiary/aromatic N) is 2. The van der Waals surface area contributed by atoms with Crippen molar-refractivity contribution in [2.24, 2.45) is 0 Å². The van der Waals surface area contributed by atoms with Gasteiger partial charge in [0.05, 0.1) is 17.9 Å².